The lowest BCUT2D eigenvalue weighted by Crippen LogP contribution is -2.50. The molecule has 1 aliphatic carbocycles. The van der Waals surface area contributed by atoms with Crippen LogP contribution in [-0.2, 0) is 20.8 Å². The van der Waals surface area contributed by atoms with Crippen molar-refractivity contribution in [2.24, 2.45) is 0 Å². The van der Waals surface area contributed by atoms with Crippen molar-refractivity contribution < 1.29 is 14.3 Å². The van der Waals surface area contributed by atoms with E-state index in [1.54, 1.807) is 7.11 Å². The fourth-order valence-electron chi connectivity index (χ4n) is 4.21. The van der Waals surface area contributed by atoms with Crippen LogP contribution >= 0.6 is 0 Å². The average Bonchev–Trinajstić information content (AvgIpc) is 3.53. The van der Waals surface area contributed by atoms with E-state index in [-0.39, 0.29) is 18.0 Å². The molecule has 1 aliphatic heterocycles. The van der Waals surface area contributed by atoms with Crippen LogP contribution in [0.5, 0.6) is 0 Å². The highest BCUT2D eigenvalue weighted by molar-refractivity contribution is 5.84. The molecule has 8 nitrogen and oxygen atoms in total. The number of rotatable bonds is 9. The summed E-state index contributed by atoms with van der Waals surface area (Å²) in [4.78, 5) is 20.1. The summed E-state index contributed by atoms with van der Waals surface area (Å²) in [6.07, 6.45) is 3.63. The number of nitrogens with zero attached hydrogens (tertiary/aromatic N) is 4. The van der Waals surface area contributed by atoms with Crippen molar-refractivity contribution in [3.8, 4) is 0 Å². The maximum Gasteiger partial charge on any atom is 0.253 e. The number of hydrogen-bond donors (Lipinski definition) is 1. The second-order valence-corrected chi connectivity index (χ2v) is 8.35. The van der Waals surface area contributed by atoms with E-state index in [2.05, 4.69) is 18.3 Å². The maximum absolute atomic E-state index is 13.3. The van der Waals surface area contributed by atoms with Crippen molar-refractivity contribution >= 4 is 16.9 Å². The Labute approximate surface area is 177 Å². The lowest BCUT2D eigenvalue weighted by atomic mass is 10.1. The Morgan fingerprint density at radius 3 is 2.93 bits per heavy atom. The second-order valence-electron chi connectivity index (χ2n) is 8.35. The molecular weight excluding hydrogens is 382 g/mol. The third-order valence-corrected chi connectivity index (χ3v) is 5.94. The minimum absolute atomic E-state index is 0.0695. The number of unbranched alkanes of at least 4 members (excludes halogenated alkanes) is 1. The normalized spacial score (nSPS) is 20.4. The summed E-state index contributed by atoms with van der Waals surface area (Å²) >= 11 is 0. The Morgan fingerprint density at radius 2 is 2.23 bits per heavy atom. The number of hydrogen-bond acceptors (Lipinski definition) is 6. The smallest absolute Gasteiger partial charge is 0.253 e. The van der Waals surface area contributed by atoms with Crippen LogP contribution in [0.1, 0.15) is 50.0 Å². The van der Waals surface area contributed by atoms with Crippen molar-refractivity contribution in [2.45, 2.75) is 64.3 Å². The highest BCUT2D eigenvalue weighted by Crippen LogP contribution is 2.37. The molecule has 30 heavy (non-hydrogen) atoms. The molecule has 0 aromatic carbocycles. The Kier molecular flexibility index (Phi) is 6.65. The van der Waals surface area contributed by atoms with Crippen molar-refractivity contribution in [1.29, 1.82) is 0 Å². The number of pyridine rings is 1. The van der Waals surface area contributed by atoms with E-state index >= 15 is 0 Å². The Hall–Kier alpha value is -2.03. The molecule has 164 valence electrons. The summed E-state index contributed by atoms with van der Waals surface area (Å²) in [5.74, 6) is 0.0695. The first-order valence-corrected chi connectivity index (χ1v) is 11.1. The molecule has 2 aliphatic rings. The number of aromatic nitrogens is 3. The lowest BCUT2D eigenvalue weighted by molar-refractivity contribution is -0.148. The highest BCUT2D eigenvalue weighted by Gasteiger charge is 2.41. The fraction of sp³-hybridized carbons (Fsp3) is 0.682. The van der Waals surface area contributed by atoms with Gasteiger partial charge in [-0.3, -0.25) is 4.79 Å². The predicted molar refractivity (Wildman–Crippen MR) is 114 cm³/mol. The van der Waals surface area contributed by atoms with Gasteiger partial charge in [0.05, 0.1) is 18.3 Å². The summed E-state index contributed by atoms with van der Waals surface area (Å²) in [6, 6.07) is 4.27. The molecule has 8 heteroatoms. The van der Waals surface area contributed by atoms with Crippen molar-refractivity contribution in [2.75, 3.05) is 33.4 Å². The van der Waals surface area contributed by atoms with Gasteiger partial charge in [-0.05, 0) is 51.7 Å². The second kappa shape index (κ2) is 9.41. The predicted octanol–water partition coefficient (Wildman–Crippen LogP) is 2.21. The van der Waals surface area contributed by atoms with E-state index in [0.29, 0.717) is 13.2 Å². The molecule has 0 spiro atoms. The number of amides is 1. The van der Waals surface area contributed by atoms with Gasteiger partial charge in [0.2, 0.25) is 0 Å². The number of aryl methyl sites for hydroxylation is 2. The van der Waals surface area contributed by atoms with Crippen LogP contribution in [0.25, 0.3) is 11.0 Å². The molecule has 1 N–H and O–H groups in total. The summed E-state index contributed by atoms with van der Waals surface area (Å²) in [5, 5.41) is 9.25. The number of methoxy groups -OCH3 is 1. The van der Waals surface area contributed by atoms with E-state index < -0.39 is 6.10 Å². The van der Waals surface area contributed by atoms with Gasteiger partial charge in [0, 0.05) is 50.5 Å². The van der Waals surface area contributed by atoms with Gasteiger partial charge < -0.3 is 19.7 Å². The topological polar surface area (TPSA) is 81.5 Å². The molecule has 1 saturated heterocycles. The minimum atomic E-state index is -0.412. The van der Waals surface area contributed by atoms with Crippen LogP contribution in [-0.4, -0.2) is 71.1 Å². The Bertz CT molecular complexity index is 873. The molecule has 0 bridgehead atoms. The molecule has 1 saturated carbocycles. The lowest BCUT2D eigenvalue weighted by Gasteiger charge is -2.33. The third-order valence-electron chi connectivity index (χ3n) is 5.94. The monoisotopic (exact) mass is 415 g/mol. The number of morpholine rings is 1. The summed E-state index contributed by atoms with van der Waals surface area (Å²) < 4.78 is 12.9. The first-order chi connectivity index (χ1) is 14.6. The SMILES string of the molecule is COCCCCn1nc([C@@H](C)N(C(=O)[C@H]2CNCCO2)C2CC2)c2ccc(C)nc21. The number of carbonyl (C=O) groups is 1. The van der Waals surface area contributed by atoms with Crippen LogP contribution in [0.4, 0.5) is 0 Å². The first-order valence-electron chi connectivity index (χ1n) is 11.1. The summed E-state index contributed by atoms with van der Waals surface area (Å²) in [7, 11) is 1.73. The van der Waals surface area contributed by atoms with Crippen molar-refractivity contribution in [3.05, 3.63) is 23.5 Å². The zero-order valence-electron chi connectivity index (χ0n) is 18.3. The quantitative estimate of drug-likeness (QED) is 0.633. The zero-order chi connectivity index (χ0) is 21.1. The molecule has 2 fully saturated rings. The van der Waals surface area contributed by atoms with Gasteiger partial charge in [-0.25, -0.2) is 9.67 Å². The first kappa shape index (κ1) is 21.2. The molecule has 2 aromatic rings. The van der Waals surface area contributed by atoms with Crippen LogP contribution in [0.15, 0.2) is 12.1 Å². The van der Waals surface area contributed by atoms with Gasteiger partial charge in [-0.15, -0.1) is 0 Å². The van der Waals surface area contributed by atoms with E-state index in [1.807, 2.05) is 22.6 Å². The van der Waals surface area contributed by atoms with Crippen LogP contribution in [0.2, 0.25) is 0 Å². The maximum atomic E-state index is 13.3. The molecular formula is C22H33N5O3. The number of carbonyl (C=O) groups excluding carboxylic acids is 1. The summed E-state index contributed by atoms with van der Waals surface area (Å²) in [6.45, 7) is 7.56. The van der Waals surface area contributed by atoms with Gasteiger partial charge in [0.15, 0.2) is 5.65 Å². The van der Waals surface area contributed by atoms with Gasteiger partial charge >= 0.3 is 0 Å². The van der Waals surface area contributed by atoms with Crippen molar-refractivity contribution in [1.82, 2.24) is 25.0 Å². The third kappa shape index (κ3) is 4.50. The largest absolute Gasteiger partial charge is 0.385 e. The van der Waals surface area contributed by atoms with Crippen LogP contribution in [0.3, 0.4) is 0 Å². The average molecular weight is 416 g/mol. The Morgan fingerprint density at radius 1 is 1.40 bits per heavy atom. The van der Waals surface area contributed by atoms with E-state index in [1.165, 1.54) is 0 Å². The van der Waals surface area contributed by atoms with E-state index in [0.717, 1.165) is 67.8 Å². The van der Waals surface area contributed by atoms with Gasteiger partial charge in [-0.2, -0.15) is 5.10 Å². The van der Waals surface area contributed by atoms with Crippen molar-refractivity contribution in [3.63, 3.8) is 0 Å². The number of fused-ring (bicyclic) bond motifs is 1. The standard InChI is InChI=1S/C22H33N5O3/c1-15-6-9-18-20(25-26(21(18)24-15)11-4-5-12-29-3)16(2)27(17-7-8-17)22(28)19-14-23-10-13-30-19/h6,9,16-17,19,23H,4-5,7-8,10-14H2,1-3H3/t16-,19-/m1/s1. The van der Waals surface area contributed by atoms with Gasteiger partial charge in [0.25, 0.3) is 5.91 Å². The Balaban J connectivity index is 1.62. The molecule has 4 rings (SSSR count). The zero-order valence-corrected chi connectivity index (χ0v) is 18.3. The van der Waals surface area contributed by atoms with Crippen LogP contribution in [0, 0.1) is 6.92 Å². The highest BCUT2D eigenvalue weighted by atomic mass is 16.5. The molecule has 1 amide bonds. The molecule has 0 unspecified atom stereocenters. The summed E-state index contributed by atoms with van der Waals surface area (Å²) in [5.41, 5.74) is 2.79. The van der Waals surface area contributed by atoms with E-state index in [9.17, 15) is 4.79 Å². The molecule has 2 aromatic heterocycles. The number of nitrogens with one attached hydrogen (secondary N) is 1. The van der Waals surface area contributed by atoms with Crippen LogP contribution < -0.4 is 5.32 Å². The minimum Gasteiger partial charge on any atom is -0.385 e. The van der Waals surface area contributed by atoms with Gasteiger partial charge in [-0.1, -0.05) is 0 Å². The van der Waals surface area contributed by atoms with Gasteiger partial charge in [0.1, 0.15) is 6.10 Å². The van der Waals surface area contributed by atoms with E-state index in [4.69, 9.17) is 19.6 Å². The molecule has 0 radical (unpaired) electrons. The number of ether oxygens (including phenoxy) is 2. The molecule has 2 atom stereocenters. The molecule has 3 heterocycles. The fourth-order valence-corrected chi connectivity index (χ4v) is 4.21.